The molecule has 4 rings (SSSR count). The van der Waals surface area contributed by atoms with Gasteiger partial charge in [0.2, 0.25) is 11.8 Å². The fourth-order valence-corrected chi connectivity index (χ4v) is 5.26. The van der Waals surface area contributed by atoms with Crippen LogP contribution in [0.15, 0.2) is 12.2 Å². The lowest BCUT2D eigenvalue weighted by atomic mass is 9.39. The van der Waals surface area contributed by atoms with Crippen LogP contribution in [0.1, 0.15) is 0 Å². The van der Waals surface area contributed by atoms with Crippen molar-refractivity contribution in [3.63, 3.8) is 0 Å². The highest BCUT2D eigenvalue weighted by atomic mass is 16.5. The molecule has 8 atom stereocenters. The number of carbonyl (C=O) groups is 4. The number of hydrogen-bond acceptors (Lipinski definition) is 8. The monoisotopic (exact) mass is 366 g/mol. The van der Waals surface area contributed by atoms with Crippen LogP contribution in [0, 0.1) is 47.3 Å². The first-order valence-electron chi connectivity index (χ1n) is 8.27. The molecule has 4 aliphatic carbocycles. The van der Waals surface area contributed by atoms with Crippen LogP contribution in [0.5, 0.6) is 0 Å². The van der Waals surface area contributed by atoms with E-state index in [-0.39, 0.29) is 11.8 Å². The SMILES string of the molecule is COC(=O)C1C2C=CC(C1C(=O)OC)C1C(C(=O)NN)C(C(=O)NN)C21. The van der Waals surface area contributed by atoms with Gasteiger partial charge in [-0.2, -0.15) is 0 Å². The third kappa shape index (κ3) is 2.32. The van der Waals surface area contributed by atoms with Crippen LogP contribution in [0.2, 0.25) is 0 Å². The van der Waals surface area contributed by atoms with E-state index < -0.39 is 59.3 Å². The van der Waals surface area contributed by atoms with Crippen molar-refractivity contribution in [2.75, 3.05) is 14.2 Å². The van der Waals surface area contributed by atoms with E-state index in [0.29, 0.717) is 0 Å². The summed E-state index contributed by atoms with van der Waals surface area (Å²) in [7, 11) is 2.49. The highest BCUT2D eigenvalue weighted by Crippen LogP contribution is 2.64. The number of esters is 2. The first-order chi connectivity index (χ1) is 12.4. The Kier molecular flexibility index (Phi) is 4.72. The topological polar surface area (TPSA) is 163 Å². The number of methoxy groups -OCH3 is 2. The lowest BCUT2D eigenvalue weighted by molar-refractivity contribution is -0.196. The van der Waals surface area contributed by atoms with E-state index in [1.807, 2.05) is 12.2 Å². The van der Waals surface area contributed by atoms with Crippen molar-refractivity contribution in [1.29, 1.82) is 0 Å². The molecule has 0 radical (unpaired) electrons. The summed E-state index contributed by atoms with van der Waals surface area (Å²) < 4.78 is 9.77. The van der Waals surface area contributed by atoms with Crippen LogP contribution >= 0.6 is 0 Å². The summed E-state index contributed by atoms with van der Waals surface area (Å²) in [4.78, 5) is 49.4. The average Bonchev–Trinajstić information content (AvgIpc) is 2.65. The van der Waals surface area contributed by atoms with Crippen LogP contribution in [0.3, 0.4) is 0 Å². The molecule has 0 heterocycles. The second-order valence-electron chi connectivity index (χ2n) is 6.86. The van der Waals surface area contributed by atoms with Crippen LogP contribution in [0.25, 0.3) is 0 Å². The molecule has 6 N–H and O–H groups in total. The molecule has 26 heavy (non-hydrogen) atoms. The van der Waals surface area contributed by atoms with Gasteiger partial charge in [-0.3, -0.25) is 30.0 Å². The molecule has 2 amide bonds. The Morgan fingerprint density at radius 2 is 1.08 bits per heavy atom. The zero-order valence-corrected chi connectivity index (χ0v) is 14.4. The molecule has 4 aliphatic rings. The third-order valence-corrected chi connectivity index (χ3v) is 6.16. The van der Waals surface area contributed by atoms with Crippen molar-refractivity contribution >= 4 is 23.8 Å². The standard InChI is InChI=1S/C16H22N4O6/c1-25-15(23)9-5-3-4-6(10(9)16(24)26-2)8-7(5)11(13(21)19-17)12(8)14(22)20-18/h3-12H,17-18H2,1-2H3,(H,19,21)(H,20,22). The van der Waals surface area contributed by atoms with Gasteiger partial charge in [-0.1, -0.05) is 12.2 Å². The van der Waals surface area contributed by atoms with Crippen molar-refractivity contribution in [3.05, 3.63) is 12.2 Å². The summed E-state index contributed by atoms with van der Waals surface area (Å²) in [6.45, 7) is 0. The Bertz CT molecular complexity index is 624. The Labute approximate surface area is 149 Å². The lowest BCUT2D eigenvalue weighted by Crippen LogP contribution is -2.70. The Hall–Kier alpha value is -2.46. The van der Waals surface area contributed by atoms with E-state index in [1.165, 1.54) is 14.2 Å². The van der Waals surface area contributed by atoms with Gasteiger partial charge in [-0.05, 0) is 23.7 Å². The maximum absolute atomic E-state index is 12.4. The number of carbonyl (C=O) groups excluding carboxylic acids is 4. The molecule has 0 aliphatic heterocycles. The van der Waals surface area contributed by atoms with Gasteiger partial charge in [0.05, 0.1) is 37.9 Å². The van der Waals surface area contributed by atoms with Crippen LogP contribution in [-0.2, 0) is 28.7 Å². The predicted molar refractivity (Wildman–Crippen MR) is 85.8 cm³/mol. The van der Waals surface area contributed by atoms with Crippen molar-refractivity contribution < 1.29 is 28.7 Å². The van der Waals surface area contributed by atoms with Gasteiger partial charge in [0.1, 0.15) is 0 Å². The van der Waals surface area contributed by atoms with Gasteiger partial charge in [-0.15, -0.1) is 0 Å². The molecule has 10 heteroatoms. The molecule has 10 nitrogen and oxygen atoms in total. The highest BCUT2D eigenvalue weighted by Gasteiger charge is 2.70. The zero-order chi connectivity index (χ0) is 19.2. The van der Waals surface area contributed by atoms with E-state index >= 15 is 0 Å². The summed E-state index contributed by atoms with van der Waals surface area (Å²) in [5.74, 6) is 3.91. The fraction of sp³-hybridized carbons (Fsp3) is 0.625. The molecule has 2 fully saturated rings. The molecule has 0 aromatic rings. The normalized spacial score (nSPS) is 39.2. The maximum Gasteiger partial charge on any atom is 0.310 e. The van der Waals surface area contributed by atoms with Crippen molar-refractivity contribution in [1.82, 2.24) is 10.9 Å². The van der Waals surface area contributed by atoms with Crippen LogP contribution in [0.4, 0.5) is 0 Å². The van der Waals surface area contributed by atoms with Gasteiger partial charge in [0, 0.05) is 0 Å². The molecule has 2 bridgehead atoms. The number of ether oxygens (including phenoxy) is 2. The first-order valence-corrected chi connectivity index (χ1v) is 8.27. The Balaban J connectivity index is 2.05. The van der Waals surface area contributed by atoms with E-state index in [9.17, 15) is 19.2 Å². The smallest absolute Gasteiger partial charge is 0.310 e. The number of amides is 2. The van der Waals surface area contributed by atoms with Gasteiger partial charge in [0.25, 0.3) is 0 Å². The second-order valence-corrected chi connectivity index (χ2v) is 6.86. The Morgan fingerprint density at radius 1 is 0.731 bits per heavy atom. The molecule has 0 saturated heterocycles. The van der Waals surface area contributed by atoms with E-state index in [2.05, 4.69) is 10.9 Å². The lowest BCUT2D eigenvalue weighted by Gasteiger charge is -2.63. The summed E-state index contributed by atoms with van der Waals surface area (Å²) >= 11 is 0. The quantitative estimate of drug-likeness (QED) is 0.144. The molecular formula is C16H22N4O6. The average molecular weight is 366 g/mol. The van der Waals surface area contributed by atoms with E-state index in [0.717, 1.165) is 0 Å². The molecule has 0 aromatic heterocycles. The van der Waals surface area contributed by atoms with Crippen LogP contribution in [-0.4, -0.2) is 38.0 Å². The molecule has 2 saturated carbocycles. The minimum Gasteiger partial charge on any atom is -0.469 e. The van der Waals surface area contributed by atoms with Gasteiger partial charge >= 0.3 is 11.9 Å². The number of hydrogen-bond donors (Lipinski definition) is 4. The largest absolute Gasteiger partial charge is 0.469 e. The summed E-state index contributed by atoms with van der Waals surface area (Å²) in [6, 6.07) is 0. The molecule has 0 spiro atoms. The predicted octanol–water partition coefficient (Wildman–Crippen LogP) is -2.16. The van der Waals surface area contributed by atoms with E-state index in [1.54, 1.807) is 0 Å². The van der Waals surface area contributed by atoms with Crippen molar-refractivity contribution in [2.45, 2.75) is 0 Å². The first kappa shape index (κ1) is 18.3. The van der Waals surface area contributed by atoms with Gasteiger partial charge in [0.15, 0.2) is 0 Å². The summed E-state index contributed by atoms with van der Waals surface area (Å²) in [6.07, 6.45) is 3.64. The highest BCUT2D eigenvalue weighted by molar-refractivity contribution is 5.91. The van der Waals surface area contributed by atoms with Gasteiger partial charge < -0.3 is 9.47 Å². The van der Waals surface area contributed by atoms with Crippen molar-refractivity contribution in [2.24, 2.45) is 59.0 Å². The number of fused-ring (bicyclic) bond motifs is 1. The van der Waals surface area contributed by atoms with Crippen LogP contribution < -0.4 is 22.5 Å². The Morgan fingerprint density at radius 3 is 1.35 bits per heavy atom. The number of allylic oxidation sites excluding steroid dienone is 2. The third-order valence-electron chi connectivity index (χ3n) is 6.16. The summed E-state index contributed by atoms with van der Waals surface area (Å²) in [5.41, 5.74) is 4.16. The maximum atomic E-state index is 12.4. The number of hydrazine groups is 2. The fourth-order valence-electron chi connectivity index (χ4n) is 5.26. The number of nitrogens with two attached hydrogens (primary N) is 2. The minimum absolute atomic E-state index is 0.319. The second kappa shape index (κ2) is 6.69. The molecular weight excluding hydrogens is 344 g/mol. The number of rotatable bonds is 4. The van der Waals surface area contributed by atoms with Crippen molar-refractivity contribution in [3.8, 4) is 0 Å². The van der Waals surface area contributed by atoms with Gasteiger partial charge in [-0.25, -0.2) is 11.7 Å². The zero-order valence-electron chi connectivity index (χ0n) is 14.4. The summed E-state index contributed by atoms with van der Waals surface area (Å²) in [5, 5.41) is 0. The molecule has 8 unspecified atom stereocenters. The van der Waals surface area contributed by atoms with E-state index in [4.69, 9.17) is 21.2 Å². The number of nitrogens with one attached hydrogen (secondary N) is 2. The minimum atomic E-state index is -0.779. The molecule has 142 valence electrons. The molecule has 0 aromatic carbocycles.